The zero-order chi connectivity index (χ0) is 18.3. The van der Waals surface area contributed by atoms with Crippen molar-refractivity contribution < 1.29 is 32.2 Å². The number of alkyl halides is 3. The Bertz CT molecular complexity index is 720. The Hall–Kier alpha value is -2.58. The van der Waals surface area contributed by atoms with Crippen LogP contribution >= 0.6 is 0 Å². The van der Waals surface area contributed by atoms with Gasteiger partial charge in [0.05, 0.1) is 5.69 Å². The molecule has 9 heteroatoms. The minimum absolute atomic E-state index is 0.0649. The highest BCUT2D eigenvalue weighted by molar-refractivity contribution is 6.55. The number of anilines is 1. The van der Waals surface area contributed by atoms with Crippen LogP contribution in [0.3, 0.4) is 0 Å². The van der Waals surface area contributed by atoms with Crippen molar-refractivity contribution in [2.24, 2.45) is 4.99 Å². The Morgan fingerprint density at radius 3 is 2.38 bits per heavy atom. The first-order chi connectivity index (χ1) is 10.9. The zero-order valence-electron chi connectivity index (χ0n) is 13.4. The maximum absolute atomic E-state index is 12.3. The average Bonchev–Trinajstić information content (AvgIpc) is 2.60. The molecule has 1 heterocycles. The second-order valence-corrected chi connectivity index (χ2v) is 6.03. The van der Waals surface area contributed by atoms with Gasteiger partial charge in [0.25, 0.3) is 5.91 Å². The smallest absolute Gasteiger partial charge is 0.442 e. The third-order valence-electron chi connectivity index (χ3n) is 2.92. The van der Waals surface area contributed by atoms with E-state index in [2.05, 4.69) is 9.73 Å². The monoisotopic (exact) mass is 344 g/mol. The van der Waals surface area contributed by atoms with Gasteiger partial charge in [-0.1, -0.05) is 0 Å². The number of hydrogen-bond donors (Lipinski definition) is 0. The highest BCUT2D eigenvalue weighted by Gasteiger charge is 2.35. The van der Waals surface area contributed by atoms with Gasteiger partial charge in [0.1, 0.15) is 17.1 Å². The summed E-state index contributed by atoms with van der Waals surface area (Å²) < 4.78 is 45.8. The van der Waals surface area contributed by atoms with Crippen LogP contribution in [-0.2, 0) is 9.53 Å². The molecular weight excluding hydrogens is 329 g/mol. The molecule has 130 valence electrons. The lowest BCUT2D eigenvalue weighted by Gasteiger charge is -2.17. The number of likely N-dealkylation sites (N-methyl/N-ethyl adjacent to an activating group) is 1. The number of aliphatic imine (C=N–C) groups is 1. The third kappa shape index (κ3) is 4.03. The number of nitrogens with zero attached hydrogens (tertiary/aromatic N) is 2. The van der Waals surface area contributed by atoms with Crippen LogP contribution < -0.4 is 9.64 Å². The summed E-state index contributed by atoms with van der Waals surface area (Å²) >= 11 is 0. The van der Waals surface area contributed by atoms with Gasteiger partial charge in [0.15, 0.2) is 0 Å². The summed E-state index contributed by atoms with van der Waals surface area (Å²) in [6.45, 7) is 4.87. The van der Waals surface area contributed by atoms with Gasteiger partial charge in [0.2, 0.25) is 0 Å². The molecular formula is C15H15F3N2O4. The minimum atomic E-state index is -4.87. The average molecular weight is 344 g/mol. The van der Waals surface area contributed by atoms with E-state index in [9.17, 15) is 22.8 Å². The van der Waals surface area contributed by atoms with Crippen molar-refractivity contribution in [1.82, 2.24) is 0 Å². The van der Waals surface area contributed by atoms with Crippen LogP contribution in [0.4, 0.5) is 23.7 Å². The predicted molar refractivity (Wildman–Crippen MR) is 79.3 cm³/mol. The maximum Gasteiger partial charge on any atom is 0.573 e. The lowest BCUT2D eigenvalue weighted by atomic mass is 10.1. The molecule has 0 fully saturated rings. The van der Waals surface area contributed by atoms with Gasteiger partial charge in [-0.25, -0.2) is 4.79 Å². The van der Waals surface area contributed by atoms with Gasteiger partial charge in [-0.05, 0) is 39.0 Å². The second kappa shape index (κ2) is 5.81. The zero-order valence-corrected chi connectivity index (χ0v) is 13.4. The fourth-order valence-corrected chi connectivity index (χ4v) is 2.06. The summed E-state index contributed by atoms with van der Waals surface area (Å²) in [5, 5.41) is 0. The minimum Gasteiger partial charge on any atom is -0.442 e. The number of hydrogen-bond acceptors (Lipinski definition) is 4. The fraction of sp³-hybridized carbons (Fsp3) is 0.400. The van der Waals surface area contributed by atoms with Gasteiger partial charge in [-0.3, -0.25) is 4.79 Å². The molecule has 1 aliphatic heterocycles. The summed E-state index contributed by atoms with van der Waals surface area (Å²) in [4.78, 5) is 28.8. The van der Waals surface area contributed by atoms with Crippen molar-refractivity contribution in [3.05, 3.63) is 23.8 Å². The van der Waals surface area contributed by atoms with Crippen molar-refractivity contribution in [2.75, 3.05) is 11.9 Å². The molecule has 0 radical (unpaired) electrons. The van der Waals surface area contributed by atoms with Gasteiger partial charge in [-0.15, -0.1) is 13.2 Å². The normalized spacial score (nSPS) is 16.4. The Balaban J connectivity index is 2.41. The third-order valence-corrected chi connectivity index (χ3v) is 2.92. The van der Waals surface area contributed by atoms with Crippen molar-refractivity contribution in [1.29, 1.82) is 0 Å². The van der Waals surface area contributed by atoms with Gasteiger partial charge < -0.3 is 14.4 Å². The number of fused-ring (bicyclic) bond motifs is 1. The summed E-state index contributed by atoms with van der Waals surface area (Å²) in [6.07, 6.45) is -5.88. The quantitative estimate of drug-likeness (QED) is 0.784. The summed E-state index contributed by atoms with van der Waals surface area (Å²) in [6, 6.07) is 3.37. The van der Waals surface area contributed by atoms with Crippen LogP contribution in [0.2, 0.25) is 0 Å². The van der Waals surface area contributed by atoms with E-state index < -0.39 is 29.7 Å². The van der Waals surface area contributed by atoms with Gasteiger partial charge >= 0.3 is 12.5 Å². The maximum atomic E-state index is 12.3. The molecule has 0 saturated carbocycles. The van der Waals surface area contributed by atoms with Crippen molar-refractivity contribution in [3.63, 3.8) is 0 Å². The Kier molecular flexibility index (Phi) is 4.30. The topological polar surface area (TPSA) is 68.2 Å². The molecule has 1 aromatic carbocycles. The van der Waals surface area contributed by atoms with E-state index >= 15 is 0 Å². The van der Waals surface area contributed by atoms with E-state index in [-0.39, 0.29) is 11.3 Å². The SMILES string of the molecule is CN1C(=O)/C(=N/C(=O)OC(C)(C)C)c2cc(OC(F)(F)F)ccc21. The van der Waals surface area contributed by atoms with Crippen LogP contribution in [0.5, 0.6) is 5.75 Å². The molecule has 1 aromatic rings. The summed E-state index contributed by atoms with van der Waals surface area (Å²) in [7, 11) is 1.42. The molecule has 6 nitrogen and oxygen atoms in total. The molecule has 1 aliphatic rings. The molecule has 0 N–H and O–H groups in total. The fourth-order valence-electron chi connectivity index (χ4n) is 2.06. The van der Waals surface area contributed by atoms with Crippen LogP contribution in [0, 0.1) is 0 Å². The predicted octanol–water partition coefficient (Wildman–Crippen LogP) is 3.29. The molecule has 2 rings (SSSR count). The van der Waals surface area contributed by atoms with E-state index in [1.165, 1.54) is 18.0 Å². The Morgan fingerprint density at radius 2 is 1.83 bits per heavy atom. The Labute approximate surface area is 135 Å². The lowest BCUT2D eigenvalue weighted by Crippen LogP contribution is -2.27. The molecule has 0 saturated heterocycles. The Morgan fingerprint density at radius 1 is 1.21 bits per heavy atom. The summed E-state index contributed by atoms with van der Waals surface area (Å²) in [5.41, 5.74) is -0.736. The largest absolute Gasteiger partial charge is 0.573 e. The summed E-state index contributed by atoms with van der Waals surface area (Å²) in [5.74, 6) is -1.14. The standard InChI is InChI=1S/C15H15F3N2O4/c1-14(2,3)24-13(22)19-11-9-7-8(23-15(16,17)18)5-6-10(9)20(4)12(11)21/h5-7H,1-4H3/b19-11+. The second-order valence-electron chi connectivity index (χ2n) is 6.03. The van der Waals surface area contributed by atoms with Crippen LogP contribution in [-0.4, -0.2) is 36.7 Å². The molecule has 0 unspecified atom stereocenters. The number of carbonyl (C=O) groups is 2. The first-order valence-electron chi connectivity index (χ1n) is 6.87. The number of benzene rings is 1. The first kappa shape index (κ1) is 17.8. The van der Waals surface area contributed by atoms with E-state index in [4.69, 9.17) is 4.74 Å². The van der Waals surface area contributed by atoms with E-state index in [0.717, 1.165) is 12.1 Å². The highest BCUT2D eigenvalue weighted by Crippen LogP contribution is 2.33. The van der Waals surface area contributed by atoms with E-state index in [1.54, 1.807) is 20.8 Å². The highest BCUT2D eigenvalue weighted by atomic mass is 19.4. The van der Waals surface area contributed by atoms with E-state index in [0.29, 0.717) is 5.69 Å². The van der Waals surface area contributed by atoms with Crippen molar-refractivity contribution in [2.45, 2.75) is 32.7 Å². The molecule has 0 atom stereocenters. The van der Waals surface area contributed by atoms with Gasteiger partial charge in [0, 0.05) is 12.6 Å². The van der Waals surface area contributed by atoms with Crippen LogP contribution in [0.15, 0.2) is 23.2 Å². The lowest BCUT2D eigenvalue weighted by molar-refractivity contribution is -0.274. The molecule has 2 amide bonds. The molecule has 0 aliphatic carbocycles. The first-order valence-corrected chi connectivity index (χ1v) is 6.87. The molecule has 24 heavy (non-hydrogen) atoms. The van der Waals surface area contributed by atoms with E-state index in [1.807, 2.05) is 0 Å². The molecule has 0 aromatic heterocycles. The number of rotatable bonds is 1. The number of carbonyl (C=O) groups excluding carboxylic acids is 2. The number of amides is 2. The van der Waals surface area contributed by atoms with Crippen molar-refractivity contribution in [3.8, 4) is 5.75 Å². The van der Waals surface area contributed by atoms with Gasteiger partial charge in [-0.2, -0.15) is 4.99 Å². The number of halogens is 3. The van der Waals surface area contributed by atoms with Crippen molar-refractivity contribution >= 4 is 23.4 Å². The van der Waals surface area contributed by atoms with Crippen LogP contribution in [0.25, 0.3) is 0 Å². The number of ether oxygens (including phenoxy) is 2. The van der Waals surface area contributed by atoms with Crippen LogP contribution in [0.1, 0.15) is 26.3 Å². The molecule has 0 bridgehead atoms. The molecule has 0 spiro atoms.